The number of aromatic nitrogens is 3. The monoisotopic (exact) mass is 228 g/mol. The number of hydrogen-bond acceptors (Lipinski definition) is 4. The molecule has 0 saturated carbocycles. The molecular formula is C13H16N4. The van der Waals surface area contributed by atoms with Crippen molar-refractivity contribution >= 4 is 5.82 Å². The Morgan fingerprint density at radius 1 is 1.24 bits per heavy atom. The third kappa shape index (κ3) is 2.58. The molecule has 0 aliphatic heterocycles. The Labute approximate surface area is 101 Å². The van der Waals surface area contributed by atoms with Gasteiger partial charge in [0, 0.05) is 37.0 Å². The number of pyridine rings is 1. The largest absolute Gasteiger partial charge is 0.373 e. The quantitative estimate of drug-likeness (QED) is 0.876. The average molecular weight is 228 g/mol. The number of nitrogens with one attached hydrogen (secondary N) is 1. The molecule has 88 valence electrons. The van der Waals surface area contributed by atoms with Crippen molar-refractivity contribution in [2.75, 3.05) is 12.4 Å². The highest BCUT2D eigenvalue weighted by atomic mass is 15.0. The van der Waals surface area contributed by atoms with Gasteiger partial charge in [-0.2, -0.15) is 0 Å². The number of nitrogens with zero attached hydrogens (tertiary/aromatic N) is 3. The van der Waals surface area contributed by atoms with Crippen LogP contribution < -0.4 is 5.32 Å². The highest BCUT2D eigenvalue weighted by Crippen LogP contribution is 2.19. The summed E-state index contributed by atoms with van der Waals surface area (Å²) in [6, 6.07) is 5.96. The number of hydrogen-bond donors (Lipinski definition) is 1. The highest BCUT2D eigenvalue weighted by molar-refractivity contribution is 5.61. The Morgan fingerprint density at radius 2 is 2.06 bits per heavy atom. The van der Waals surface area contributed by atoms with Gasteiger partial charge in [0.25, 0.3) is 0 Å². The molecule has 0 aliphatic carbocycles. The van der Waals surface area contributed by atoms with E-state index >= 15 is 0 Å². The summed E-state index contributed by atoms with van der Waals surface area (Å²) in [5.74, 6) is 1.68. The van der Waals surface area contributed by atoms with Gasteiger partial charge in [-0.25, -0.2) is 9.97 Å². The molecule has 0 fully saturated rings. The van der Waals surface area contributed by atoms with Crippen molar-refractivity contribution < 1.29 is 0 Å². The molecule has 4 nitrogen and oxygen atoms in total. The van der Waals surface area contributed by atoms with Crippen LogP contribution in [0.4, 0.5) is 5.82 Å². The van der Waals surface area contributed by atoms with E-state index in [1.54, 1.807) is 0 Å². The number of rotatable bonds is 3. The Morgan fingerprint density at radius 3 is 2.65 bits per heavy atom. The molecule has 17 heavy (non-hydrogen) atoms. The highest BCUT2D eigenvalue weighted by Gasteiger charge is 2.05. The lowest BCUT2D eigenvalue weighted by atomic mass is 10.2. The molecule has 0 atom stereocenters. The van der Waals surface area contributed by atoms with Crippen LogP contribution in [0.15, 0.2) is 24.4 Å². The van der Waals surface area contributed by atoms with E-state index in [0.717, 1.165) is 35.0 Å². The molecule has 0 aliphatic rings. The minimum Gasteiger partial charge on any atom is -0.373 e. The zero-order valence-corrected chi connectivity index (χ0v) is 10.4. The van der Waals surface area contributed by atoms with Crippen molar-refractivity contribution in [3.8, 4) is 11.3 Å². The van der Waals surface area contributed by atoms with Crippen LogP contribution in [0.25, 0.3) is 11.3 Å². The Balaban J connectivity index is 2.46. The van der Waals surface area contributed by atoms with Crippen LogP contribution in [0, 0.1) is 6.92 Å². The molecule has 0 aromatic carbocycles. The maximum atomic E-state index is 4.51. The van der Waals surface area contributed by atoms with Crippen molar-refractivity contribution in [3.63, 3.8) is 0 Å². The van der Waals surface area contributed by atoms with E-state index in [9.17, 15) is 0 Å². The SMILES string of the molecule is CCc1nc(NC)cc(-c2ccc(C)nc2)n1. The van der Waals surface area contributed by atoms with Crippen LogP contribution in [-0.2, 0) is 6.42 Å². The van der Waals surface area contributed by atoms with Gasteiger partial charge < -0.3 is 5.32 Å². The summed E-state index contributed by atoms with van der Waals surface area (Å²) in [6.45, 7) is 4.02. The minimum atomic E-state index is 0.821. The van der Waals surface area contributed by atoms with E-state index in [1.165, 1.54) is 0 Å². The number of aryl methyl sites for hydroxylation is 2. The summed E-state index contributed by atoms with van der Waals surface area (Å²) in [5.41, 5.74) is 2.94. The lowest BCUT2D eigenvalue weighted by Crippen LogP contribution is -2.00. The van der Waals surface area contributed by atoms with E-state index in [-0.39, 0.29) is 0 Å². The molecule has 4 heteroatoms. The first-order valence-corrected chi connectivity index (χ1v) is 5.71. The molecular weight excluding hydrogens is 212 g/mol. The summed E-state index contributed by atoms with van der Waals surface area (Å²) in [4.78, 5) is 13.2. The van der Waals surface area contributed by atoms with Crippen molar-refractivity contribution in [2.45, 2.75) is 20.3 Å². The van der Waals surface area contributed by atoms with Crippen LogP contribution in [0.1, 0.15) is 18.4 Å². The molecule has 2 aromatic rings. The second kappa shape index (κ2) is 4.91. The standard InChI is InChI=1S/C13H16N4/c1-4-12-16-11(7-13(14-3)17-12)10-6-5-9(2)15-8-10/h5-8H,4H2,1-3H3,(H,14,16,17). The topological polar surface area (TPSA) is 50.7 Å². The van der Waals surface area contributed by atoms with Crippen LogP contribution in [0.3, 0.4) is 0 Å². The molecule has 0 saturated heterocycles. The minimum absolute atomic E-state index is 0.821. The second-order valence-corrected chi connectivity index (χ2v) is 3.85. The fraction of sp³-hybridized carbons (Fsp3) is 0.308. The summed E-state index contributed by atoms with van der Waals surface area (Å²) >= 11 is 0. The first-order chi connectivity index (χ1) is 8.22. The zero-order valence-electron chi connectivity index (χ0n) is 10.4. The third-order valence-corrected chi connectivity index (χ3v) is 2.55. The molecule has 2 aromatic heterocycles. The summed E-state index contributed by atoms with van der Waals surface area (Å²) in [5, 5.41) is 3.05. The molecule has 2 heterocycles. The van der Waals surface area contributed by atoms with E-state index in [2.05, 4.69) is 20.3 Å². The van der Waals surface area contributed by atoms with Gasteiger partial charge in [0.15, 0.2) is 0 Å². The first kappa shape index (κ1) is 11.5. The predicted octanol–water partition coefficient (Wildman–Crippen LogP) is 2.45. The van der Waals surface area contributed by atoms with Gasteiger partial charge in [-0.15, -0.1) is 0 Å². The Bertz CT molecular complexity index is 483. The van der Waals surface area contributed by atoms with Crippen LogP contribution in [-0.4, -0.2) is 22.0 Å². The maximum absolute atomic E-state index is 4.51. The molecule has 0 unspecified atom stereocenters. The zero-order chi connectivity index (χ0) is 12.3. The molecule has 0 amide bonds. The first-order valence-electron chi connectivity index (χ1n) is 5.71. The fourth-order valence-corrected chi connectivity index (χ4v) is 1.55. The summed E-state index contributed by atoms with van der Waals surface area (Å²) < 4.78 is 0. The average Bonchev–Trinajstić information content (AvgIpc) is 2.39. The van der Waals surface area contributed by atoms with Gasteiger partial charge in [-0.3, -0.25) is 4.98 Å². The van der Waals surface area contributed by atoms with Crippen molar-refractivity contribution in [1.82, 2.24) is 15.0 Å². The Kier molecular flexibility index (Phi) is 3.32. The molecule has 2 rings (SSSR count). The molecule has 0 bridgehead atoms. The molecule has 1 N–H and O–H groups in total. The van der Waals surface area contributed by atoms with E-state index in [1.807, 2.05) is 45.3 Å². The van der Waals surface area contributed by atoms with Crippen LogP contribution in [0.2, 0.25) is 0 Å². The van der Waals surface area contributed by atoms with E-state index < -0.39 is 0 Å². The van der Waals surface area contributed by atoms with Gasteiger partial charge in [-0.05, 0) is 19.1 Å². The van der Waals surface area contributed by atoms with Gasteiger partial charge in [0.05, 0.1) is 5.69 Å². The van der Waals surface area contributed by atoms with Crippen molar-refractivity contribution in [2.24, 2.45) is 0 Å². The maximum Gasteiger partial charge on any atom is 0.131 e. The lowest BCUT2D eigenvalue weighted by molar-refractivity contribution is 0.944. The lowest BCUT2D eigenvalue weighted by Gasteiger charge is -2.06. The number of anilines is 1. The van der Waals surface area contributed by atoms with Gasteiger partial charge in [0.1, 0.15) is 11.6 Å². The van der Waals surface area contributed by atoms with Crippen molar-refractivity contribution in [3.05, 3.63) is 35.9 Å². The van der Waals surface area contributed by atoms with E-state index in [4.69, 9.17) is 0 Å². The smallest absolute Gasteiger partial charge is 0.131 e. The predicted molar refractivity (Wildman–Crippen MR) is 68.9 cm³/mol. The van der Waals surface area contributed by atoms with Crippen molar-refractivity contribution in [1.29, 1.82) is 0 Å². The fourth-order valence-electron chi connectivity index (χ4n) is 1.55. The van der Waals surface area contributed by atoms with E-state index in [0.29, 0.717) is 0 Å². The Hall–Kier alpha value is -1.97. The van der Waals surface area contributed by atoms with Crippen LogP contribution in [0.5, 0.6) is 0 Å². The molecule has 0 radical (unpaired) electrons. The summed E-state index contributed by atoms with van der Waals surface area (Å²) in [7, 11) is 1.86. The second-order valence-electron chi connectivity index (χ2n) is 3.85. The third-order valence-electron chi connectivity index (χ3n) is 2.55. The van der Waals surface area contributed by atoms with Gasteiger partial charge in [-0.1, -0.05) is 6.92 Å². The van der Waals surface area contributed by atoms with Gasteiger partial charge in [0.2, 0.25) is 0 Å². The molecule has 0 spiro atoms. The summed E-state index contributed by atoms with van der Waals surface area (Å²) in [6.07, 6.45) is 2.67. The van der Waals surface area contributed by atoms with Gasteiger partial charge >= 0.3 is 0 Å². The van der Waals surface area contributed by atoms with Crippen LogP contribution >= 0.6 is 0 Å². The normalized spacial score (nSPS) is 10.3.